The fraction of sp³-hybridized carbons (Fsp3) is 0.619. The molecule has 0 radical (unpaired) electrons. The largest absolute Gasteiger partial charge is 0.336 e. The van der Waals surface area contributed by atoms with E-state index in [0.29, 0.717) is 55.9 Å². The molecule has 0 aliphatic carbocycles. The van der Waals surface area contributed by atoms with Crippen LogP contribution in [0.1, 0.15) is 49.0 Å². The molecular weight excluding hydrogens is 345 g/mol. The van der Waals surface area contributed by atoms with Gasteiger partial charge in [0, 0.05) is 43.8 Å². The molecule has 148 valence electrons. The predicted molar refractivity (Wildman–Crippen MR) is 103 cm³/mol. The van der Waals surface area contributed by atoms with Gasteiger partial charge in [-0.15, -0.1) is 0 Å². The summed E-state index contributed by atoms with van der Waals surface area (Å²) in [5, 5.41) is 0. The lowest BCUT2D eigenvalue weighted by molar-refractivity contribution is -0.138. The average molecular weight is 375 g/mol. The molecule has 2 atom stereocenters. The SMILES string of the molecule is Cc1ccc(C(=O)N2CCN(CC(=O)N3C(C)CCCC3C)CC2)cc1F. The topological polar surface area (TPSA) is 43.9 Å². The van der Waals surface area contributed by atoms with E-state index in [4.69, 9.17) is 0 Å². The Balaban J connectivity index is 1.53. The van der Waals surface area contributed by atoms with Crippen molar-refractivity contribution in [1.82, 2.24) is 14.7 Å². The van der Waals surface area contributed by atoms with E-state index < -0.39 is 0 Å². The van der Waals surface area contributed by atoms with Gasteiger partial charge in [-0.05, 0) is 57.7 Å². The quantitative estimate of drug-likeness (QED) is 0.816. The van der Waals surface area contributed by atoms with Crippen molar-refractivity contribution in [2.75, 3.05) is 32.7 Å². The van der Waals surface area contributed by atoms with Crippen LogP contribution in [0.15, 0.2) is 18.2 Å². The number of likely N-dealkylation sites (tertiary alicyclic amines) is 1. The number of nitrogens with zero attached hydrogens (tertiary/aromatic N) is 3. The minimum atomic E-state index is -0.352. The molecule has 2 aliphatic rings. The molecule has 0 bridgehead atoms. The number of aryl methyl sites for hydroxylation is 1. The monoisotopic (exact) mass is 375 g/mol. The zero-order valence-electron chi connectivity index (χ0n) is 16.6. The first-order valence-electron chi connectivity index (χ1n) is 9.95. The van der Waals surface area contributed by atoms with Crippen LogP contribution in [0.4, 0.5) is 4.39 Å². The Kier molecular flexibility index (Phi) is 6.15. The number of hydrogen-bond donors (Lipinski definition) is 0. The number of hydrogen-bond acceptors (Lipinski definition) is 3. The van der Waals surface area contributed by atoms with E-state index in [2.05, 4.69) is 18.7 Å². The summed E-state index contributed by atoms with van der Waals surface area (Å²) in [6, 6.07) is 5.24. The van der Waals surface area contributed by atoms with Gasteiger partial charge in [0.1, 0.15) is 5.82 Å². The maximum absolute atomic E-state index is 13.7. The highest BCUT2D eigenvalue weighted by atomic mass is 19.1. The van der Waals surface area contributed by atoms with Crippen molar-refractivity contribution >= 4 is 11.8 Å². The predicted octanol–water partition coefficient (Wildman–Crippen LogP) is 2.68. The van der Waals surface area contributed by atoms with Crippen LogP contribution in [-0.4, -0.2) is 71.3 Å². The van der Waals surface area contributed by atoms with Gasteiger partial charge < -0.3 is 9.80 Å². The fourth-order valence-electron chi connectivity index (χ4n) is 4.20. The number of rotatable bonds is 3. The molecule has 1 aromatic rings. The van der Waals surface area contributed by atoms with Crippen molar-refractivity contribution in [1.29, 1.82) is 0 Å². The second-order valence-electron chi connectivity index (χ2n) is 7.96. The molecule has 0 aromatic heterocycles. The summed E-state index contributed by atoms with van der Waals surface area (Å²) in [6.07, 6.45) is 3.34. The van der Waals surface area contributed by atoms with Crippen LogP contribution in [0.2, 0.25) is 0 Å². The van der Waals surface area contributed by atoms with Crippen LogP contribution in [0.3, 0.4) is 0 Å². The van der Waals surface area contributed by atoms with Gasteiger partial charge in [0.15, 0.2) is 0 Å². The minimum Gasteiger partial charge on any atom is -0.336 e. The molecular formula is C21H30FN3O2. The number of piperazine rings is 1. The fourth-order valence-corrected chi connectivity index (χ4v) is 4.20. The molecule has 5 nitrogen and oxygen atoms in total. The third kappa shape index (κ3) is 4.49. The smallest absolute Gasteiger partial charge is 0.254 e. The number of carbonyl (C=O) groups is 2. The first-order chi connectivity index (χ1) is 12.9. The highest BCUT2D eigenvalue weighted by molar-refractivity contribution is 5.94. The Labute approximate surface area is 161 Å². The van der Waals surface area contributed by atoms with Crippen molar-refractivity contribution in [3.05, 3.63) is 35.1 Å². The summed E-state index contributed by atoms with van der Waals surface area (Å²) in [5.74, 6) is -0.303. The van der Waals surface area contributed by atoms with Gasteiger partial charge in [-0.2, -0.15) is 0 Å². The summed E-state index contributed by atoms with van der Waals surface area (Å²) < 4.78 is 13.7. The Morgan fingerprint density at radius 1 is 1.07 bits per heavy atom. The molecule has 6 heteroatoms. The average Bonchev–Trinajstić information content (AvgIpc) is 2.64. The number of amides is 2. The van der Waals surface area contributed by atoms with Gasteiger partial charge in [0.25, 0.3) is 5.91 Å². The van der Waals surface area contributed by atoms with Gasteiger partial charge in [0.05, 0.1) is 6.54 Å². The van der Waals surface area contributed by atoms with Gasteiger partial charge >= 0.3 is 0 Å². The Bertz CT molecular complexity index is 691. The van der Waals surface area contributed by atoms with Crippen molar-refractivity contribution in [3.8, 4) is 0 Å². The lowest BCUT2D eigenvalue weighted by atomic mass is 9.97. The third-order valence-corrected chi connectivity index (χ3v) is 5.92. The van der Waals surface area contributed by atoms with Crippen LogP contribution >= 0.6 is 0 Å². The molecule has 2 unspecified atom stereocenters. The van der Waals surface area contributed by atoms with Crippen LogP contribution in [0.5, 0.6) is 0 Å². The lowest BCUT2D eigenvalue weighted by Gasteiger charge is -2.41. The zero-order valence-corrected chi connectivity index (χ0v) is 16.6. The standard InChI is InChI=1S/C21H30FN3O2/c1-15-7-8-18(13-19(15)22)21(27)24-11-9-23(10-12-24)14-20(26)25-16(2)5-4-6-17(25)3/h7-8,13,16-17H,4-6,9-12,14H2,1-3H3. The van der Waals surface area contributed by atoms with Crippen molar-refractivity contribution in [2.45, 2.75) is 52.1 Å². The van der Waals surface area contributed by atoms with E-state index in [1.54, 1.807) is 24.0 Å². The number of halogens is 1. The van der Waals surface area contributed by atoms with Gasteiger partial charge in [-0.25, -0.2) is 4.39 Å². The third-order valence-electron chi connectivity index (χ3n) is 5.92. The lowest BCUT2D eigenvalue weighted by Crippen LogP contribution is -2.54. The summed E-state index contributed by atoms with van der Waals surface area (Å²) >= 11 is 0. The second kappa shape index (κ2) is 8.38. The first kappa shape index (κ1) is 19.8. The molecule has 2 saturated heterocycles. The van der Waals surface area contributed by atoms with Crippen LogP contribution < -0.4 is 0 Å². The van der Waals surface area contributed by atoms with Gasteiger partial charge in [-0.1, -0.05) is 6.07 Å². The van der Waals surface area contributed by atoms with Crippen molar-refractivity contribution in [3.63, 3.8) is 0 Å². The minimum absolute atomic E-state index is 0.141. The highest BCUT2D eigenvalue weighted by Crippen LogP contribution is 2.23. The van der Waals surface area contributed by atoms with E-state index in [9.17, 15) is 14.0 Å². The van der Waals surface area contributed by atoms with Crippen LogP contribution in [0.25, 0.3) is 0 Å². The summed E-state index contributed by atoms with van der Waals surface area (Å²) in [6.45, 7) is 8.82. The molecule has 2 fully saturated rings. The molecule has 2 aliphatic heterocycles. The number of carbonyl (C=O) groups excluding carboxylic acids is 2. The molecule has 1 aromatic carbocycles. The summed E-state index contributed by atoms with van der Waals surface area (Å²) in [4.78, 5) is 31.3. The summed E-state index contributed by atoms with van der Waals surface area (Å²) in [5.41, 5.74) is 0.926. The molecule has 0 N–H and O–H groups in total. The summed E-state index contributed by atoms with van der Waals surface area (Å²) in [7, 11) is 0. The van der Waals surface area contributed by atoms with Crippen molar-refractivity contribution < 1.29 is 14.0 Å². The van der Waals surface area contributed by atoms with Crippen LogP contribution in [-0.2, 0) is 4.79 Å². The van der Waals surface area contributed by atoms with Crippen LogP contribution in [0, 0.1) is 12.7 Å². The molecule has 0 saturated carbocycles. The number of benzene rings is 1. The highest BCUT2D eigenvalue weighted by Gasteiger charge is 2.31. The molecule has 27 heavy (non-hydrogen) atoms. The van der Waals surface area contributed by atoms with E-state index in [1.807, 2.05) is 4.90 Å². The maximum atomic E-state index is 13.7. The second-order valence-corrected chi connectivity index (χ2v) is 7.96. The molecule has 2 amide bonds. The van der Waals surface area contributed by atoms with E-state index in [-0.39, 0.29) is 17.6 Å². The van der Waals surface area contributed by atoms with Gasteiger partial charge in [0.2, 0.25) is 5.91 Å². The molecule has 2 heterocycles. The Morgan fingerprint density at radius 3 is 2.30 bits per heavy atom. The van der Waals surface area contributed by atoms with E-state index >= 15 is 0 Å². The molecule has 0 spiro atoms. The Hall–Kier alpha value is -1.95. The maximum Gasteiger partial charge on any atom is 0.254 e. The normalized spacial score (nSPS) is 24.1. The molecule has 3 rings (SSSR count). The zero-order chi connectivity index (χ0) is 19.6. The first-order valence-corrected chi connectivity index (χ1v) is 9.95. The van der Waals surface area contributed by atoms with E-state index in [1.165, 1.54) is 12.5 Å². The Morgan fingerprint density at radius 2 is 1.70 bits per heavy atom. The van der Waals surface area contributed by atoms with Gasteiger partial charge in [-0.3, -0.25) is 14.5 Å². The number of piperidine rings is 1. The van der Waals surface area contributed by atoms with Crippen molar-refractivity contribution in [2.24, 2.45) is 0 Å². The van der Waals surface area contributed by atoms with E-state index in [0.717, 1.165) is 12.8 Å².